The van der Waals surface area contributed by atoms with Crippen LogP contribution in [0.1, 0.15) is 16.7 Å². The molecule has 0 saturated carbocycles. The van der Waals surface area contributed by atoms with E-state index in [0.29, 0.717) is 0 Å². The molecule has 1 heteroatoms. The van der Waals surface area contributed by atoms with Gasteiger partial charge in [-0.15, -0.1) is 0 Å². The second kappa shape index (κ2) is 11.0. The van der Waals surface area contributed by atoms with E-state index >= 15 is 0 Å². The van der Waals surface area contributed by atoms with Crippen molar-refractivity contribution in [2.45, 2.75) is 0 Å². The Labute approximate surface area is 273 Å². The molecule has 0 radical (unpaired) electrons. The highest BCUT2D eigenvalue weighted by atomic mass is 16.3. The lowest BCUT2D eigenvalue weighted by atomic mass is 9.91. The van der Waals surface area contributed by atoms with Crippen LogP contribution in [0.2, 0.25) is 0 Å². The first kappa shape index (κ1) is 27.2. The summed E-state index contributed by atoms with van der Waals surface area (Å²) >= 11 is 0. The molecule has 0 aliphatic rings. The second-order valence-corrected chi connectivity index (χ2v) is 12.2. The summed E-state index contributed by atoms with van der Waals surface area (Å²) in [6.45, 7) is 4.15. The highest BCUT2D eigenvalue weighted by molar-refractivity contribution is 6.14. The Hall–Kier alpha value is -6.18. The maximum Gasteiger partial charge on any atom is 0.136 e. The third-order valence-corrected chi connectivity index (χ3v) is 9.42. The molecule has 0 spiro atoms. The van der Waals surface area contributed by atoms with E-state index in [4.69, 9.17) is 4.42 Å². The van der Waals surface area contributed by atoms with Gasteiger partial charge in [-0.1, -0.05) is 134 Å². The van der Waals surface area contributed by atoms with Crippen molar-refractivity contribution in [1.29, 1.82) is 0 Å². The Bertz CT molecular complexity index is 2700. The van der Waals surface area contributed by atoms with Gasteiger partial charge in [-0.25, -0.2) is 0 Å². The normalized spacial score (nSPS) is 11.8. The van der Waals surface area contributed by atoms with E-state index in [9.17, 15) is 0 Å². The van der Waals surface area contributed by atoms with Gasteiger partial charge in [0.05, 0.1) is 0 Å². The van der Waals surface area contributed by atoms with Crippen molar-refractivity contribution in [3.8, 4) is 22.3 Å². The summed E-state index contributed by atoms with van der Waals surface area (Å²) in [5.74, 6) is 0. The van der Waals surface area contributed by atoms with E-state index in [1.165, 1.54) is 49.0 Å². The molecule has 1 aromatic heterocycles. The van der Waals surface area contributed by atoms with Crippen LogP contribution in [0.3, 0.4) is 0 Å². The molecule has 47 heavy (non-hydrogen) atoms. The van der Waals surface area contributed by atoms with Crippen molar-refractivity contribution in [2.75, 3.05) is 0 Å². The van der Waals surface area contributed by atoms with Crippen molar-refractivity contribution >= 4 is 72.5 Å². The van der Waals surface area contributed by atoms with Crippen LogP contribution in [0.15, 0.2) is 163 Å². The van der Waals surface area contributed by atoms with Crippen LogP contribution < -0.4 is 0 Å². The maximum atomic E-state index is 6.42. The number of benzene rings is 8. The van der Waals surface area contributed by atoms with Crippen LogP contribution >= 0.6 is 0 Å². The lowest BCUT2D eigenvalue weighted by Crippen LogP contribution is -1.87. The second-order valence-electron chi connectivity index (χ2n) is 12.2. The first-order valence-corrected chi connectivity index (χ1v) is 16.0. The van der Waals surface area contributed by atoms with E-state index in [0.717, 1.165) is 44.2 Å². The Morgan fingerprint density at radius 2 is 1.06 bits per heavy atom. The van der Waals surface area contributed by atoms with Gasteiger partial charge in [-0.3, -0.25) is 0 Å². The predicted molar refractivity (Wildman–Crippen MR) is 203 cm³/mol. The maximum absolute atomic E-state index is 6.42. The van der Waals surface area contributed by atoms with Crippen LogP contribution in [-0.2, 0) is 0 Å². The van der Waals surface area contributed by atoms with Gasteiger partial charge in [0.25, 0.3) is 0 Å². The monoisotopic (exact) mass is 598 g/mol. The molecule has 0 N–H and O–H groups in total. The van der Waals surface area contributed by atoms with E-state index in [-0.39, 0.29) is 0 Å². The van der Waals surface area contributed by atoms with Gasteiger partial charge in [-0.2, -0.15) is 0 Å². The van der Waals surface area contributed by atoms with Gasteiger partial charge in [0.15, 0.2) is 0 Å². The van der Waals surface area contributed by atoms with Crippen molar-refractivity contribution < 1.29 is 4.42 Å². The standard InChI is InChI=1S/C46H30O/c1-2-31-26-38(44-28-37-11-5-6-12-39(37)40-13-7-8-14-41(40)44)21-19-33(31)17-15-30-16-23-42-43-24-22-36(29-46(43)47-45(42)25-30)35-20-18-32-9-3-4-10-34(32)27-35/h2-29H,1H2. The van der Waals surface area contributed by atoms with Crippen LogP contribution in [0.5, 0.6) is 0 Å². The van der Waals surface area contributed by atoms with Gasteiger partial charge in [0.1, 0.15) is 11.2 Å². The highest BCUT2D eigenvalue weighted by Crippen LogP contribution is 2.37. The van der Waals surface area contributed by atoms with Crippen LogP contribution in [0.4, 0.5) is 0 Å². The van der Waals surface area contributed by atoms with E-state index in [1.54, 1.807) is 0 Å². The lowest BCUT2D eigenvalue weighted by Gasteiger charge is -2.12. The lowest BCUT2D eigenvalue weighted by molar-refractivity contribution is 0.669. The fraction of sp³-hybridized carbons (Fsp3) is 0. The molecule has 0 unspecified atom stereocenters. The molecule has 0 aliphatic carbocycles. The summed E-state index contributed by atoms with van der Waals surface area (Å²) in [4.78, 5) is 0. The molecular weight excluding hydrogens is 569 g/mol. The molecule has 0 fully saturated rings. The minimum atomic E-state index is 0.889. The van der Waals surface area contributed by atoms with E-state index < -0.39 is 0 Å². The molecular formula is C46H30O. The van der Waals surface area contributed by atoms with Crippen LogP contribution in [0.25, 0.3) is 94.7 Å². The summed E-state index contributed by atoms with van der Waals surface area (Å²) in [5.41, 5.74) is 9.86. The van der Waals surface area contributed by atoms with Gasteiger partial charge in [0, 0.05) is 10.8 Å². The number of hydrogen-bond acceptors (Lipinski definition) is 1. The number of rotatable bonds is 5. The molecule has 9 aromatic rings. The molecule has 0 aliphatic heterocycles. The molecule has 8 aromatic carbocycles. The Morgan fingerprint density at radius 1 is 0.404 bits per heavy atom. The Kier molecular flexibility index (Phi) is 6.36. The molecule has 0 bridgehead atoms. The minimum Gasteiger partial charge on any atom is -0.456 e. The molecule has 9 rings (SSSR count). The first-order chi connectivity index (χ1) is 23.2. The number of fused-ring (bicyclic) bond motifs is 7. The van der Waals surface area contributed by atoms with Crippen molar-refractivity contribution in [3.05, 3.63) is 175 Å². The summed E-state index contributed by atoms with van der Waals surface area (Å²) in [5, 5.41) is 9.80. The van der Waals surface area contributed by atoms with Gasteiger partial charge < -0.3 is 4.42 Å². The Balaban J connectivity index is 1.04. The van der Waals surface area contributed by atoms with Gasteiger partial charge >= 0.3 is 0 Å². The molecule has 220 valence electrons. The highest BCUT2D eigenvalue weighted by Gasteiger charge is 2.11. The molecule has 1 heterocycles. The van der Waals surface area contributed by atoms with Crippen molar-refractivity contribution in [1.82, 2.24) is 0 Å². The topological polar surface area (TPSA) is 13.1 Å². The predicted octanol–water partition coefficient (Wildman–Crippen LogP) is 13.2. The third kappa shape index (κ3) is 4.72. The summed E-state index contributed by atoms with van der Waals surface area (Å²) in [6, 6.07) is 54.3. The molecule has 0 saturated heterocycles. The average molecular weight is 599 g/mol. The van der Waals surface area contributed by atoms with Crippen molar-refractivity contribution in [2.24, 2.45) is 0 Å². The summed E-state index contributed by atoms with van der Waals surface area (Å²) in [7, 11) is 0. The van der Waals surface area contributed by atoms with Gasteiger partial charge in [0.2, 0.25) is 0 Å². The SMILES string of the molecule is C=Cc1cc(-c2cc3ccccc3c3ccccc23)ccc1C=Cc1ccc2c(c1)oc1cc(-c3ccc4ccccc4c3)ccc12. The average Bonchev–Trinajstić information content (AvgIpc) is 3.50. The zero-order valence-corrected chi connectivity index (χ0v) is 25.8. The van der Waals surface area contributed by atoms with Crippen molar-refractivity contribution in [3.63, 3.8) is 0 Å². The molecule has 0 amide bonds. The quantitative estimate of drug-likeness (QED) is 0.142. The Morgan fingerprint density at radius 3 is 1.91 bits per heavy atom. The first-order valence-electron chi connectivity index (χ1n) is 16.0. The van der Waals surface area contributed by atoms with Gasteiger partial charge in [-0.05, 0) is 114 Å². The molecule has 1 nitrogen and oxygen atoms in total. The zero-order chi connectivity index (χ0) is 31.3. The fourth-order valence-electron chi connectivity index (χ4n) is 7.00. The number of hydrogen-bond donors (Lipinski definition) is 0. The van der Waals surface area contributed by atoms with E-state index in [2.05, 4.69) is 170 Å². The van der Waals surface area contributed by atoms with Crippen LogP contribution in [-0.4, -0.2) is 0 Å². The largest absolute Gasteiger partial charge is 0.456 e. The van der Waals surface area contributed by atoms with E-state index in [1.807, 2.05) is 6.08 Å². The summed E-state index contributed by atoms with van der Waals surface area (Å²) in [6.07, 6.45) is 6.27. The third-order valence-electron chi connectivity index (χ3n) is 9.42. The molecule has 0 atom stereocenters. The smallest absolute Gasteiger partial charge is 0.136 e. The van der Waals surface area contributed by atoms with Crippen LogP contribution in [0, 0.1) is 0 Å². The summed E-state index contributed by atoms with van der Waals surface area (Å²) < 4.78 is 6.42. The number of furan rings is 1. The minimum absolute atomic E-state index is 0.889. The zero-order valence-electron chi connectivity index (χ0n) is 25.8. The fourth-order valence-corrected chi connectivity index (χ4v) is 7.00.